The molecule has 0 saturated carbocycles. The number of methoxy groups -OCH3 is 1. The lowest BCUT2D eigenvalue weighted by molar-refractivity contribution is 0.0601. The minimum Gasteiger partial charge on any atom is -0.465 e. The van der Waals surface area contributed by atoms with E-state index in [9.17, 15) is 14.7 Å². The van der Waals surface area contributed by atoms with Gasteiger partial charge in [0.15, 0.2) is 6.23 Å². The van der Waals surface area contributed by atoms with Gasteiger partial charge < -0.3 is 19.9 Å². The quantitative estimate of drug-likeness (QED) is 0.197. The number of fused-ring (bicyclic) bond motifs is 2. The summed E-state index contributed by atoms with van der Waals surface area (Å²) in [4.78, 5) is 28.5. The highest BCUT2D eigenvalue weighted by Gasteiger charge is 2.16. The van der Waals surface area contributed by atoms with Crippen molar-refractivity contribution in [3.63, 3.8) is 0 Å². The number of anilines is 2. The maximum Gasteiger partial charge on any atom is 0.411 e. The first-order valence-corrected chi connectivity index (χ1v) is 10.9. The summed E-state index contributed by atoms with van der Waals surface area (Å²) in [6.07, 6.45) is -0.901. The Balaban J connectivity index is 1.68. The minimum absolute atomic E-state index is 0.329. The summed E-state index contributed by atoms with van der Waals surface area (Å²) in [5.74, 6) is -0.451. The van der Waals surface area contributed by atoms with Crippen molar-refractivity contribution in [3.8, 4) is 0 Å². The van der Waals surface area contributed by atoms with Gasteiger partial charge in [-0.15, -0.1) is 0 Å². The van der Waals surface area contributed by atoms with Crippen LogP contribution in [0.4, 0.5) is 16.2 Å². The molecular formula is C26H25N3O5. The first-order chi connectivity index (χ1) is 16.5. The summed E-state index contributed by atoms with van der Waals surface area (Å²) in [6, 6.07) is 19.5. The first kappa shape index (κ1) is 23.0. The maximum absolute atomic E-state index is 12.0. The van der Waals surface area contributed by atoms with Crippen LogP contribution in [0.25, 0.3) is 21.8 Å². The summed E-state index contributed by atoms with van der Waals surface area (Å²) in [6.45, 7) is 2.24. The Labute approximate surface area is 196 Å². The molecule has 0 fully saturated rings. The fraction of sp³-hybridized carbons (Fsp3) is 0.192. The number of hydrogen-bond acceptors (Lipinski definition) is 7. The van der Waals surface area contributed by atoms with Crippen LogP contribution in [0.5, 0.6) is 0 Å². The average Bonchev–Trinajstić information content (AvgIpc) is 2.86. The third-order valence-corrected chi connectivity index (χ3v) is 5.27. The number of carbonyl (C=O) groups is 2. The Hall–Kier alpha value is -4.17. The van der Waals surface area contributed by atoms with E-state index in [0.717, 1.165) is 17.2 Å². The van der Waals surface area contributed by atoms with Gasteiger partial charge in [-0.1, -0.05) is 37.3 Å². The second kappa shape index (κ2) is 10.2. The number of nitrogens with one attached hydrogen (secondary N) is 2. The van der Waals surface area contributed by atoms with E-state index < -0.39 is 18.3 Å². The molecule has 0 radical (unpaired) electrons. The normalized spacial score (nSPS) is 11.7. The van der Waals surface area contributed by atoms with Crippen LogP contribution in [0.1, 0.15) is 35.5 Å². The van der Waals surface area contributed by atoms with Crippen LogP contribution in [0.15, 0.2) is 66.7 Å². The Morgan fingerprint density at radius 3 is 2.59 bits per heavy atom. The fourth-order valence-corrected chi connectivity index (χ4v) is 3.65. The molecule has 1 unspecified atom stereocenters. The number of aliphatic hydroxyl groups excluding tert-OH is 1. The number of nitrogens with zero attached hydrogens (tertiary/aromatic N) is 1. The van der Waals surface area contributed by atoms with E-state index in [-0.39, 0.29) is 0 Å². The number of pyridine rings is 1. The molecule has 0 aliphatic heterocycles. The van der Waals surface area contributed by atoms with Crippen molar-refractivity contribution in [1.29, 1.82) is 0 Å². The molecule has 0 spiro atoms. The van der Waals surface area contributed by atoms with E-state index in [0.29, 0.717) is 40.1 Å². The molecule has 34 heavy (non-hydrogen) atoms. The highest BCUT2D eigenvalue weighted by atomic mass is 16.5. The Morgan fingerprint density at radius 2 is 1.79 bits per heavy atom. The Morgan fingerprint density at radius 1 is 1.00 bits per heavy atom. The van der Waals surface area contributed by atoms with Crippen molar-refractivity contribution in [3.05, 3.63) is 77.9 Å². The van der Waals surface area contributed by atoms with E-state index in [4.69, 9.17) is 9.47 Å². The van der Waals surface area contributed by atoms with Gasteiger partial charge in [0.05, 0.1) is 36.0 Å². The molecule has 3 N–H and O–H groups in total. The predicted octanol–water partition coefficient (Wildman–Crippen LogP) is 5.24. The summed E-state index contributed by atoms with van der Waals surface area (Å²) < 4.78 is 9.88. The number of aliphatic hydroxyl groups is 1. The molecule has 0 aliphatic rings. The summed E-state index contributed by atoms with van der Waals surface area (Å²) >= 11 is 0. The lowest BCUT2D eigenvalue weighted by Gasteiger charge is -2.19. The van der Waals surface area contributed by atoms with Gasteiger partial charge in [-0.25, -0.2) is 14.6 Å². The van der Waals surface area contributed by atoms with Crippen LogP contribution in [0.3, 0.4) is 0 Å². The molecule has 0 saturated heterocycles. The fourth-order valence-electron chi connectivity index (χ4n) is 3.65. The van der Waals surface area contributed by atoms with E-state index >= 15 is 0 Å². The average molecular weight is 460 g/mol. The zero-order valence-corrected chi connectivity index (χ0v) is 18.9. The smallest absolute Gasteiger partial charge is 0.411 e. The summed E-state index contributed by atoms with van der Waals surface area (Å²) in [5, 5.41) is 18.4. The zero-order valence-electron chi connectivity index (χ0n) is 18.9. The predicted molar refractivity (Wildman–Crippen MR) is 131 cm³/mol. The van der Waals surface area contributed by atoms with E-state index in [1.807, 2.05) is 31.2 Å². The van der Waals surface area contributed by atoms with E-state index in [1.54, 1.807) is 42.5 Å². The SMILES string of the molecule is CCCOC(=O)Nc1cccc(C(O)Nc2c3ccccc3nc3cc(C(=O)OC)ccc23)c1. The topological polar surface area (TPSA) is 110 Å². The zero-order chi connectivity index (χ0) is 24.1. The lowest BCUT2D eigenvalue weighted by Crippen LogP contribution is -2.15. The van der Waals surface area contributed by atoms with Gasteiger partial charge in [-0.3, -0.25) is 5.32 Å². The molecule has 4 rings (SSSR count). The number of benzene rings is 3. The molecule has 1 atom stereocenters. The van der Waals surface area contributed by atoms with Gasteiger partial charge in [0, 0.05) is 22.0 Å². The Bertz CT molecular complexity index is 1360. The first-order valence-electron chi connectivity index (χ1n) is 10.9. The molecule has 174 valence electrons. The molecule has 8 nitrogen and oxygen atoms in total. The molecule has 3 aromatic carbocycles. The minimum atomic E-state index is -1.08. The lowest BCUT2D eigenvalue weighted by atomic mass is 10.0. The van der Waals surface area contributed by atoms with Crippen LogP contribution >= 0.6 is 0 Å². The van der Waals surface area contributed by atoms with Crippen molar-refractivity contribution in [2.75, 3.05) is 24.4 Å². The molecule has 8 heteroatoms. The third kappa shape index (κ3) is 4.92. The summed E-state index contributed by atoms with van der Waals surface area (Å²) in [5.41, 5.74) is 3.41. The number of esters is 1. The molecular weight excluding hydrogens is 434 g/mol. The number of carbonyl (C=O) groups excluding carboxylic acids is 2. The molecule has 4 aromatic rings. The largest absolute Gasteiger partial charge is 0.465 e. The molecule has 1 heterocycles. The number of para-hydroxylation sites is 1. The number of amides is 1. The second-order valence-corrected chi connectivity index (χ2v) is 7.66. The number of hydrogen-bond donors (Lipinski definition) is 3. The number of rotatable bonds is 7. The van der Waals surface area contributed by atoms with Crippen molar-refractivity contribution >= 4 is 45.2 Å². The maximum atomic E-state index is 12.0. The molecule has 1 amide bonds. The van der Waals surface area contributed by atoms with Crippen molar-refractivity contribution in [2.24, 2.45) is 0 Å². The van der Waals surface area contributed by atoms with E-state index in [1.165, 1.54) is 7.11 Å². The molecule has 0 aliphatic carbocycles. The van der Waals surface area contributed by atoms with Crippen molar-refractivity contribution in [1.82, 2.24) is 4.98 Å². The number of aromatic nitrogens is 1. The van der Waals surface area contributed by atoms with E-state index in [2.05, 4.69) is 15.6 Å². The van der Waals surface area contributed by atoms with Gasteiger partial charge in [-0.05, 0) is 42.8 Å². The third-order valence-electron chi connectivity index (χ3n) is 5.27. The molecule has 0 bridgehead atoms. The second-order valence-electron chi connectivity index (χ2n) is 7.66. The standard InChI is InChI=1S/C26H25N3O5/c1-3-13-34-26(32)27-18-8-6-7-16(14-18)24(30)29-23-19-9-4-5-10-21(19)28-22-15-17(25(31)33-2)11-12-20(22)23/h4-12,14-15,24,30H,3,13H2,1-2H3,(H,27,32)(H,28,29). The van der Waals surface area contributed by atoms with Crippen LogP contribution in [0, 0.1) is 0 Å². The summed E-state index contributed by atoms with van der Waals surface area (Å²) in [7, 11) is 1.33. The highest BCUT2D eigenvalue weighted by molar-refractivity contribution is 6.09. The van der Waals surface area contributed by atoms with Crippen LogP contribution in [-0.2, 0) is 9.47 Å². The molecule has 1 aromatic heterocycles. The van der Waals surface area contributed by atoms with Crippen molar-refractivity contribution < 1.29 is 24.2 Å². The number of ether oxygens (including phenoxy) is 2. The van der Waals surface area contributed by atoms with Gasteiger partial charge in [0.1, 0.15) is 0 Å². The van der Waals surface area contributed by atoms with Gasteiger partial charge in [0.25, 0.3) is 0 Å². The van der Waals surface area contributed by atoms with Gasteiger partial charge in [0.2, 0.25) is 0 Å². The van der Waals surface area contributed by atoms with Gasteiger partial charge in [-0.2, -0.15) is 0 Å². The van der Waals surface area contributed by atoms with Crippen LogP contribution in [0.2, 0.25) is 0 Å². The van der Waals surface area contributed by atoms with Crippen molar-refractivity contribution in [2.45, 2.75) is 19.6 Å². The Kier molecular flexibility index (Phi) is 6.89. The van der Waals surface area contributed by atoms with Crippen LogP contribution in [-0.4, -0.2) is 35.9 Å². The monoisotopic (exact) mass is 459 g/mol. The van der Waals surface area contributed by atoms with Crippen LogP contribution < -0.4 is 10.6 Å². The van der Waals surface area contributed by atoms with Gasteiger partial charge >= 0.3 is 12.1 Å². The highest BCUT2D eigenvalue weighted by Crippen LogP contribution is 2.33.